The number of benzene rings is 1. The van der Waals surface area contributed by atoms with E-state index < -0.39 is 0 Å². The number of carbonyl (C=O) groups is 1. The van der Waals surface area contributed by atoms with E-state index in [4.69, 9.17) is 4.74 Å². The molecule has 1 aliphatic heterocycles. The van der Waals surface area contributed by atoms with Gasteiger partial charge in [-0.25, -0.2) is 4.79 Å². The van der Waals surface area contributed by atoms with E-state index in [1.807, 2.05) is 12.1 Å². The second-order valence-corrected chi connectivity index (χ2v) is 6.62. The molecule has 0 radical (unpaired) electrons. The van der Waals surface area contributed by atoms with Crippen LogP contribution >= 0.6 is 0 Å². The van der Waals surface area contributed by atoms with Crippen molar-refractivity contribution in [2.45, 2.75) is 44.6 Å². The van der Waals surface area contributed by atoms with Crippen molar-refractivity contribution in [3.8, 4) is 5.75 Å². The normalized spacial score (nSPS) is 23.8. The molecule has 2 aliphatic rings. The Morgan fingerprint density at radius 2 is 2.18 bits per heavy atom. The van der Waals surface area contributed by atoms with Gasteiger partial charge in [0.1, 0.15) is 5.75 Å². The van der Waals surface area contributed by atoms with Crippen molar-refractivity contribution >= 4 is 6.09 Å². The molecule has 3 rings (SSSR count). The zero-order valence-corrected chi connectivity index (χ0v) is 13.8. The molecule has 2 atom stereocenters. The zero-order valence-electron chi connectivity index (χ0n) is 13.8. The fourth-order valence-corrected chi connectivity index (χ4v) is 4.00. The molecule has 1 aromatic carbocycles. The van der Waals surface area contributed by atoms with Crippen LogP contribution in [0.1, 0.15) is 43.2 Å². The molecule has 0 N–H and O–H groups in total. The van der Waals surface area contributed by atoms with Crippen LogP contribution in [-0.2, 0) is 6.42 Å². The zero-order chi connectivity index (χ0) is 15.7. The van der Waals surface area contributed by atoms with Crippen LogP contribution < -0.4 is 4.74 Å². The minimum atomic E-state index is -0.297. The monoisotopic (exact) mass is 302 g/mol. The molecule has 1 aromatic rings. The van der Waals surface area contributed by atoms with Crippen molar-refractivity contribution in [3.05, 3.63) is 29.3 Å². The van der Waals surface area contributed by atoms with Crippen molar-refractivity contribution < 1.29 is 9.53 Å². The van der Waals surface area contributed by atoms with Gasteiger partial charge < -0.3 is 9.64 Å². The van der Waals surface area contributed by atoms with Crippen LogP contribution in [0.3, 0.4) is 0 Å². The fraction of sp³-hybridized carbons (Fsp3) is 0.611. The number of hydrogen-bond acceptors (Lipinski definition) is 3. The smallest absolute Gasteiger partial charge is 0.410 e. The summed E-state index contributed by atoms with van der Waals surface area (Å²) in [6, 6.07) is 6.86. The number of rotatable bonds is 3. The van der Waals surface area contributed by atoms with Crippen molar-refractivity contribution in [3.63, 3.8) is 0 Å². The Kier molecular flexibility index (Phi) is 4.39. The van der Waals surface area contributed by atoms with Crippen LogP contribution in [-0.4, -0.2) is 49.1 Å². The van der Waals surface area contributed by atoms with Crippen LogP contribution in [0.2, 0.25) is 0 Å². The van der Waals surface area contributed by atoms with Gasteiger partial charge in [0, 0.05) is 26.1 Å². The molecule has 1 heterocycles. The SMILES string of the molecule is CCCN1CC[C@@H]2c3cccc(OC(=O)N(C)C)c3CC[C@@H]21. The van der Waals surface area contributed by atoms with E-state index >= 15 is 0 Å². The molecule has 0 unspecified atom stereocenters. The quantitative estimate of drug-likeness (QED) is 0.859. The predicted molar refractivity (Wildman–Crippen MR) is 87.5 cm³/mol. The Labute approximate surface area is 133 Å². The molecule has 1 aliphatic carbocycles. The topological polar surface area (TPSA) is 32.8 Å². The summed E-state index contributed by atoms with van der Waals surface area (Å²) in [6.07, 6.45) is 4.33. The summed E-state index contributed by atoms with van der Waals surface area (Å²) in [5.41, 5.74) is 2.65. The Morgan fingerprint density at radius 3 is 2.91 bits per heavy atom. The molecule has 22 heavy (non-hydrogen) atoms. The summed E-state index contributed by atoms with van der Waals surface area (Å²) in [5, 5.41) is 0. The molecule has 1 amide bonds. The van der Waals surface area contributed by atoms with Gasteiger partial charge in [-0.1, -0.05) is 19.1 Å². The summed E-state index contributed by atoms with van der Waals surface area (Å²) >= 11 is 0. The Balaban J connectivity index is 1.85. The highest BCUT2D eigenvalue weighted by Crippen LogP contribution is 2.44. The van der Waals surface area contributed by atoms with Gasteiger partial charge in [-0.15, -0.1) is 0 Å². The van der Waals surface area contributed by atoms with E-state index in [0.717, 1.165) is 12.2 Å². The molecule has 0 spiro atoms. The van der Waals surface area contributed by atoms with Crippen molar-refractivity contribution in [2.24, 2.45) is 0 Å². The molecule has 0 saturated carbocycles. The third kappa shape index (κ3) is 2.72. The summed E-state index contributed by atoms with van der Waals surface area (Å²) in [5.74, 6) is 1.36. The number of fused-ring (bicyclic) bond motifs is 3. The first-order valence-corrected chi connectivity index (χ1v) is 8.36. The summed E-state index contributed by atoms with van der Waals surface area (Å²) in [7, 11) is 3.43. The maximum Gasteiger partial charge on any atom is 0.414 e. The maximum absolute atomic E-state index is 11.9. The predicted octanol–water partition coefficient (Wildman–Crippen LogP) is 3.26. The molecule has 4 nitrogen and oxygen atoms in total. The molecule has 0 bridgehead atoms. The van der Waals surface area contributed by atoms with Crippen molar-refractivity contribution in [2.75, 3.05) is 27.2 Å². The van der Waals surface area contributed by atoms with E-state index in [-0.39, 0.29) is 6.09 Å². The Bertz CT molecular complexity index is 556. The lowest BCUT2D eigenvalue weighted by atomic mass is 9.79. The highest BCUT2D eigenvalue weighted by Gasteiger charge is 2.39. The third-order valence-corrected chi connectivity index (χ3v) is 4.99. The van der Waals surface area contributed by atoms with Crippen LogP contribution in [0.15, 0.2) is 18.2 Å². The molecule has 0 aromatic heterocycles. The van der Waals surface area contributed by atoms with E-state index in [0.29, 0.717) is 12.0 Å². The average Bonchev–Trinajstić information content (AvgIpc) is 2.91. The van der Waals surface area contributed by atoms with Gasteiger partial charge >= 0.3 is 6.09 Å². The summed E-state index contributed by atoms with van der Waals surface area (Å²) in [4.78, 5) is 16.0. The van der Waals surface area contributed by atoms with Gasteiger partial charge in [0.25, 0.3) is 0 Å². The van der Waals surface area contributed by atoms with E-state index in [9.17, 15) is 4.79 Å². The highest BCUT2D eigenvalue weighted by molar-refractivity contribution is 5.70. The largest absolute Gasteiger partial charge is 0.414 e. The minimum Gasteiger partial charge on any atom is -0.410 e. The van der Waals surface area contributed by atoms with Gasteiger partial charge in [-0.2, -0.15) is 0 Å². The second kappa shape index (κ2) is 6.29. The van der Waals surface area contributed by atoms with E-state index in [2.05, 4.69) is 17.9 Å². The minimum absolute atomic E-state index is 0.297. The molecule has 4 heteroatoms. The molecule has 1 fully saturated rings. The number of likely N-dealkylation sites (tertiary alicyclic amines) is 1. The van der Waals surface area contributed by atoms with Gasteiger partial charge in [-0.05, 0) is 56.0 Å². The lowest BCUT2D eigenvalue weighted by Crippen LogP contribution is -2.35. The lowest BCUT2D eigenvalue weighted by molar-refractivity contribution is 0.170. The number of hydrogen-bond donors (Lipinski definition) is 0. The highest BCUT2D eigenvalue weighted by atomic mass is 16.6. The van der Waals surface area contributed by atoms with Gasteiger partial charge in [0.15, 0.2) is 0 Å². The Morgan fingerprint density at radius 1 is 1.36 bits per heavy atom. The van der Waals surface area contributed by atoms with Gasteiger partial charge in [0.05, 0.1) is 0 Å². The lowest BCUT2D eigenvalue weighted by Gasteiger charge is -2.34. The molecule has 1 saturated heterocycles. The van der Waals surface area contributed by atoms with Crippen molar-refractivity contribution in [1.29, 1.82) is 0 Å². The Hall–Kier alpha value is -1.55. The van der Waals surface area contributed by atoms with Gasteiger partial charge in [0.2, 0.25) is 0 Å². The van der Waals surface area contributed by atoms with E-state index in [1.165, 1.54) is 48.4 Å². The van der Waals surface area contributed by atoms with Gasteiger partial charge in [-0.3, -0.25) is 4.90 Å². The molecular formula is C18H26N2O2. The van der Waals surface area contributed by atoms with Crippen LogP contribution in [0, 0.1) is 0 Å². The number of amides is 1. The number of ether oxygens (including phenoxy) is 1. The molecule has 120 valence electrons. The van der Waals surface area contributed by atoms with Crippen LogP contribution in [0.25, 0.3) is 0 Å². The van der Waals surface area contributed by atoms with Crippen LogP contribution in [0.5, 0.6) is 5.75 Å². The molecular weight excluding hydrogens is 276 g/mol. The second-order valence-electron chi connectivity index (χ2n) is 6.62. The summed E-state index contributed by atoms with van der Waals surface area (Å²) < 4.78 is 5.57. The van der Waals surface area contributed by atoms with Crippen molar-refractivity contribution in [1.82, 2.24) is 9.80 Å². The third-order valence-electron chi connectivity index (χ3n) is 4.99. The first-order valence-electron chi connectivity index (χ1n) is 8.36. The fourth-order valence-electron chi connectivity index (χ4n) is 4.00. The van der Waals surface area contributed by atoms with Crippen LogP contribution in [0.4, 0.5) is 4.79 Å². The maximum atomic E-state index is 11.9. The van der Waals surface area contributed by atoms with E-state index in [1.54, 1.807) is 14.1 Å². The standard InChI is InChI=1S/C18H26N2O2/c1-4-11-20-12-10-14-13-6-5-7-17(22-18(21)19(2)3)15(13)8-9-16(14)20/h5-7,14,16H,4,8-12H2,1-3H3/t14-,16+/m1/s1. The number of nitrogens with zero attached hydrogens (tertiary/aromatic N) is 2. The average molecular weight is 302 g/mol. The first-order chi connectivity index (χ1) is 10.6. The number of carbonyl (C=O) groups excluding carboxylic acids is 1. The first kappa shape index (κ1) is 15.3. The summed E-state index contributed by atoms with van der Waals surface area (Å²) in [6.45, 7) is 4.65.